The van der Waals surface area contributed by atoms with Crippen LogP contribution in [0, 0.1) is 0 Å². The minimum Gasteiger partial charge on any atom is -0.352 e. The minimum absolute atomic E-state index is 0.108. The molecule has 0 atom stereocenters. The highest BCUT2D eigenvalue weighted by molar-refractivity contribution is 6.18. The molecule has 7 heteroatoms. The maximum absolute atomic E-state index is 12.5. The van der Waals surface area contributed by atoms with E-state index in [9.17, 15) is 14.4 Å². The molecule has 3 heterocycles. The van der Waals surface area contributed by atoms with Gasteiger partial charge in [-0.2, -0.15) is 0 Å². The first kappa shape index (κ1) is 17.0. The molecule has 0 saturated heterocycles. The van der Waals surface area contributed by atoms with Crippen LogP contribution in [0.15, 0.2) is 42.7 Å². The smallest absolute Gasteiger partial charge is 0.268 e. The molecule has 0 saturated carbocycles. The van der Waals surface area contributed by atoms with Gasteiger partial charge in [-0.1, -0.05) is 6.07 Å². The Labute approximate surface area is 155 Å². The number of Topliss-reactive ketones (excluding diaryl/α,β-unsaturated/α-hetero) is 1. The van der Waals surface area contributed by atoms with Gasteiger partial charge in [0.25, 0.3) is 11.8 Å². The Bertz CT molecular complexity index is 1040. The second-order valence-electron chi connectivity index (χ2n) is 6.43. The Kier molecular flexibility index (Phi) is 4.42. The third-order valence-corrected chi connectivity index (χ3v) is 4.63. The number of carbonyl (C=O) groups excluding carboxylic acids is 3. The zero-order valence-corrected chi connectivity index (χ0v) is 14.5. The van der Waals surface area contributed by atoms with Gasteiger partial charge in [0.1, 0.15) is 5.69 Å². The quantitative estimate of drug-likeness (QED) is 0.659. The Balaban J connectivity index is 1.57. The molecule has 7 nitrogen and oxygen atoms in total. The van der Waals surface area contributed by atoms with Gasteiger partial charge < -0.3 is 15.6 Å². The zero-order chi connectivity index (χ0) is 18.8. The molecule has 0 radical (unpaired) electrons. The van der Waals surface area contributed by atoms with Crippen LogP contribution < -0.4 is 10.6 Å². The van der Waals surface area contributed by atoms with Crippen LogP contribution in [-0.4, -0.2) is 40.7 Å². The van der Waals surface area contributed by atoms with E-state index in [1.165, 1.54) is 0 Å². The summed E-state index contributed by atoms with van der Waals surface area (Å²) in [5.41, 5.74) is 2.79. The van der Waals surface area contributed by atoms with Crippen molar-refractivity contribution in [1.82, 2.24) is 20.6 Å². The molecule has 0 aliphatic carbocycles. The number of carbonyl (C=O) groups is 3. The molecular weight excluding hydrogens is 344 g/mol. The number of H-pyrrole nitrogens is 1. The Morgan fingerprint density at radius 2 is 2.11 bits per heavy atom. The SMILES string of the molecule is O=C(NCCc1cccnc1)c1ccc2[nH]c3c(c2c1)C(=O)CCNC3=O. The summed E-state index contributed by atoms with van der Waals surface area (Å²) in [6, 6.07) is 8.88. The lowest BCUT2D eigenvalue weighted by Gasteiger charge is -2.06. The molecule has 2 amide bonds. The van der Waals surface area contributed by atoms with Crippen LogP contribution in [0.5, 0.6) is 0 Å². The van der Waals surface area contributed by atoms with E-state index in [2.05, 4.69) is 20.6 Å². The Morgan fingerprint density at radius 1 is 1.22 bits per heavy atom. The van der Waals surface area contributed by atoms with E-state index >= 15 is 0 Å². The maximum Gasteiger partial charge on any atom is 0.268 e. The molecule has 136 valence electrons. The van der Waals surface area contributed by atoms with Crippen molar-refractivity contribution in [1.29, 1.82) is 0 Å². The predicted molar refractivity (Wildman–Crippen MR) is 99.9 cm³/mol. The zero-order valence-electron chi connectivity index (χ0n) is 14.5. The van der Waals surface area contributed by atoms with E-state index in [1.54, 1.807) is 30.6 Å². The fourth-order valence-electron chi connectivity index (χ4n) is 3.26. The van der Waals surface area contributed by atoms with Crippen LogP contribution in [0.25, 0.3) is 10.9 Å². The molecular formula is C20H18N4O3. The van der Waals surface area contributed by atoms with E-state index in [1.807, 2.05) is 12.1 Å². The van der Waals surface area contributed by atoms with Gasteiger partial charge in [0.15, 0.2) is 5.78 Å². The molecule has 2 aromatic heterocycles. The molecule has 0 bridgehead atoms. The molecule has 0 spiro atoms. The van der Waals surface area contributed by atoms with E-state index in [-0.39, 0.29) is 29.7 Å². The lowest BCUT2D eigenvalue weighted by Crippen LogP contribution is -2.25. The molecule has 1 aliphatic rings. The molecule has 0 fully saturated rings. The molecule has 27 heavy (non-hydrogen) atoms. The van der Waals surface area contributed by atoms with Crippen LogP contribution in [-0.2, 0) is 6.42 Å². The summed E-state index contributed by atoms with van der Waals surface area (Å²) in [6.45, 7) is 0.797. The summed E-state index contributed by atoms with van der Waals surface area (Å²) in [5, 5.41) is 6.18. The monoisotopic (exact) mass is 362 g/mol. The van der Waals surface area contributed by atoms with E-state index in [0.717, 1.165) is 5.56 Å². The topological polar surface area (TPSA) is 104 Å². The predicted octanol–water partition coefficient (Wildman–Crippen LogP) is 1.85. The lowest BCUT2D eigenvalue weighted by atomic mass is 10.0. The van der Waals surface area contributed by atoms with Crippen molar-refractivity contribution in [3.05, 3.63) is 65.1 Å². The fraction of sp³-hybridized carbons (Fsp3) is 0.200. The average molecular weight is 362 g/mol. The number of hydrogen-bond donors (Lipinski definition) is 3. The van der Waals surface area contributed by atoms with Crippen LogP contribution in [0.2, 0.25) is 0 Å². The van der Waals surface area contributed by atoms with Crippen molar-refractivity contribution in [2.75, 3.05) is 13.1 Å². The summed E-state index contributed by atoms with van der Waals surface area (Å²) in [6.07, 6.45) is 4.40. The number of nitrogens with zero attached hydrogens (tertiary/aromatic N) is 1. The molecule has 3 aromatic rings. The van der Waals surface area contributed by atoms with Gasteiger partial charge in [-0.15, -0.1) is 0 Å². The number of pyridine rings is 1. The Hall–Kier alpha value is -3.48. The highest BCUT2D eigenvalue weighted by Crippen LogP contribution is 2.26. The first-order valence-corrected chi connectivity index (χ1v) is 8.78. The summed E-state index contributed by atoms with van der Waals surface area (Å²) in [5.74, 6) is -0.625. The highest BCUT2D eigenvalue weighted by atomic mass is 16.2. The van der Waals surface area contributed by atoms with E-state index in [4.69, 9.17) is 0 Å². The number of amides is 2. The van der Waals surface area contributed by atoms with Crippen LogP contribution in [0.3, 0.4) is 0 Å². The highest BCUT2D eigenvalue weighted by Gasteiger charge is 2.26. The number of rotatable bonds is 4. The van der Waals surface area contributed by atoms with Crippen molar-refractivity contribution >= 4 is 28.5 Å². The van der Waals surface area contributed by atoms with Gasteiger partial charge in [0, 0.05) is 48.4 Å². The standard InChI is InChI=1S/C20H18N4O3/c25-16-6-9-23-20(27)18-17(16)14-10-13(3-4-15(14)24-18)19(26)22-8-5-12-2-1-7-21-11-12/h1-4,7,10-11,24H,5-6,8-9H2,(H,22,26)(H,23,27). The van der Waals surface area contributed by atoms with Gasteiger partial charge in [0.05, 0.1) is 5.56 Å². The third kappa shape index (κ3) is 3.31. The molecule has 4 rings (SSSR count). The van der Waals surface area contributed by atoms with E-state index in [0.29, 0.717) is 41.5 Å². The third-order valence-electron chi connectivity index (χ3n) is 4.63. The van der Waals surface area contributed by atoms with Crippen molar-refractivity contribution in [2.45, 2.75) is 12.8 Å². The number of benzene rings is 1. The fourth-order valence-corrected chi connectivity index (χ4v) is 3.26. The van der Waals surface area contributed by atoms with Gasteiger partial charge in [-0.05, 0) is 36.2 Å². The van der Waals surface area contributed by atoms with Crippen LogP contribution in [0.4, 0.5) is 0 Å². The van der Waals surface area contributed by atoms with Crippen LogP contribution in [0.1, 0.15) is 43.2 Å². The summed E-state index contributed by atoms with van der Waals surface area (Å²) < 4.78 is 0. The molecule has 0 unspecified atom stereocenters. The van der Waals surface area contributed by atoms with Crippen molar-refractivity contribution in [3.63, 3.8) is 0 Å². The van der Waals surface area contributed by atoms with Crippen molar-refractivity contribution in [2.24, 2.45) is 0 Å². The number of aromatic nitrogens is 2. The van der Waals surface area contributed by atoms with Crippen molar-refractivity contribution in [3.8, 4) is 0 Å². The van der Waals surface area contributed by atoms with Crippen LogP contribution >= 0.6 is 0 Å². The van der Waals surface area contributed by atoms with Gasteiger partial charge in [-0.25, -0.2) is 0 Å². The maximum atomic E-state index is 12.5. The molecule has 1 aliphatic heterocycles. The summed E-state index contributed by atoms with van der Waals surface area (Å²) >= 11 is 0. The number of nitrogens with one attached hydrogen (secondary N) is 3. The van der Waals surface area contributed by atoms with E-state index < -0.39 is 0 Å². The number of aromatic amines is 1. The second kappa shape index (κ2) is 7.03. The first-order valence-electron chi connectivity index (χ1n) is 8.78. The Morgan fingerprint density at radius 3 is 2.93 bits per heavy atom. The first-order chi connectivity index (χ1) is 13.1. The molecule has 1 aromatic carbocycles. The molecule has 3 N–H and O–H groups in total. The summed E-state index contributed by atoms with van der Waals surface area (Å²) in [4.78, 5) is 44.1. The van der Waals surface area contributed by atoms with Gasteiger partial charge in [-0.3, -0.25) is 19.4 Å². The number of ketones is 1. The largest absolute Gasteiger partial charge is 0.352 e. The second-order valence-corrected chi connectivity index (χ2v) is 6.43. The number of hydrogen-bond acceptors (Lipinski definition) is 4. The average Bonchev–Trinajstić information content (AvgIpc) is 3.01. The minimum atomic E-state index is -0.297. The number of fused-ring (bicyclic) bond motifs is 3. The normalized spacial score (nSPS) is 13.8. The van der Waals surface area contributed by atoms with Gasteiger partial charge in [0.2, 0.25) is 0 Å². The van der Waals surface area contributed by atoms with Gasteiger partial charge >= 0.3 is 0 Å². The lowest BCUT2D eigenvalue weighted by molar-refractivity contribution is 0.0944. The van der Waals surface area contributed by atoms with Crippen molar-refractivity contribution < 1.29 is 14.4 Å². The summed E-state index contributed by atoms with van der Waals surface area (Å²) in [7, 11) is 0.